The van der Waals surface area contributed by atoms with Crippen LogP contribution in [0.5, 0.6) is 0 Å². The Labute approximate surface area is 146 Å². The first-order valence-electron chi connectivity index (χ1n) is 7.02. The number of aliphatic hydroxyl groups is 1. The maximum Gasteiger partial charge on any atom is 0.353 e. The minimum absolute atomic E-state index is 0.0891. The van der Waals surface area contributed by atoms with E-state index in [1.165, 1.54) is 11.8 Å². The van der Waals surface area contributed by atoms with E-state index in [9.17, 15) is 24.6 Å². The third-order valence-electron chi connectivity index (χ3n) is 3.79. The summed E-state index contributed by atoms with van der Waals surface area (Å²) in [7, 11) is 0. The molecule has 126 valence electrons. The number of fused-ring (bicyclic) bond motifs is 1. The Morgan fingerprint density at radius 2 is 2.00 bits per heavy atom. The lowest BCUT2D eigenvalue weighted by atomic mass is 10.0. The number of aliphatic hydroxyl groups excluding tert-OH is 1. The summed E-state index contributed by atoms with van der Waals surface area (Å²) in [5.74, 6) is -2.31. The van der Waals surface area contributed by atoms with E-state index >= 15 is 0 Å². The molecule has 0 saturated carbocycles. The molecule has 0 aliphatic carbocycles. The Hall–Kier alpha value is -2.03. The van der Waals surface area contributed by atoms with Crippen LogP contribution in [0.25, 0.3) is 0 Å². The Morgan fingerprint density at radius 3 is 2.62 bits per heavy atom. The lowest BCUT2D eigenvalue weighted by molar-refractivity contribution is -0.151. The van der Waals surface area contributed by atoms with Crippen LogP contribution in [0.2, 0.25) is 0 Å². The molecule has 3 N–H and O–H groups in total. The summed E-state index contributed by atoms with van der Waals surface area (Å²) in [6.45, 7) is 0. The van der Waals surface area contributed by atoms with E-state index in [2.05, 4.69) is 5.32 Å². The highest BCUT2D eigenvalue weighted by atomic mass is 35.5. The summed E-state index contributed by atoms with van der Waals surface area (Å²) < 4.78 is 0. The molecular weight excluding hydrogens is 356 g/mol. The maximum atomic E-state index is 12.2. The molecule has 2 heterocycles. The van der Waals surface area contributed by atoms with Gasteiger partial charge < -0.3 is 15.5 Å². The topological polar surface area (TPSA) is 107 Å². The van der Waals surface area contributed by atoms with Crippen molar-refractivity contribution in [2.45, 2.75) is 17.5 Å². The number of halogens is 1. The van der Waals surface area contributed by atoms with Gasteiger partial charge in [-0.3, -0.25) is 14.5 Å². The molecule has 9 heteroatoms. The number of carboxylic acid groups (broad SMARTS) is 1. The molecule has 0 bridgehead atoms. The van der Waals surface area contributed by atoms with Gasteiger partial charge in [0.2, 0.25) is 0 Å². The molecule has 0 radical (unpaired) electrons. The minimum Gasteiger partial charge on any atom is -0.477 e. The smallest absolute Gasteiger partial charge is 0.353 e. The Morgan fingerprint density at radius 1 is 1.33 bits per heavy atom. The van der Waals surface area contributed by atoms with Gasteiger partial charge in [-0.1, -0.05) is 41.9 Å². The molecule has 1 aromatic carbocycles. The van der Waals surface area contributed by atoms with E-state index in [0.717, 1.165) is 4.90 Å². The molecule has 1 unspecified atom stereocenters. The number of nitrogens with one attached hydrogen (secondary N) is 1. The monoisotopic (exact) mass is 368 g/mol. The normalized spacial score (nSPS) is 24.1. The number of rotatable bonds is 4. The summed E-state index contributed by atoms with van der Waals surface area (Å²) in [5.41, 5.74) is 0.156. The molecule has 2 aliphatic heterocycles. The number of hydrogen-bond acceptors (Lipinski definition) is 5. The number of carbonyl (C=O) groups excluding carboxylic acids is 2. The zero-order valence-corrected chi connectivity index (χ0v) is 13.8. The minimum atomic E-state index is -1.40. The molecule has 2 aliphatic rings. The molecule has 2 amide bonds. The molecular formula is C15H13ClN2O5S. The number of benzene rings is 1. The number of carboxylic acids is 1. The molecule has 1 fully saturated rings. The van der Waals surface area contributed by atoms with E-state index < -0.39 is 35.3 Å². The van der Waals surface area contributed by atoms with Crippen molar-refractivity contribution < 1.29 is 24.6 Å². The molecule has 7 nitrogen and oxygen atoms in total. The Bertz CT molecular complexity index is 739. The average molecular weight is 369 g/mol. The number of thioether (sulfide) groups is 1. The van der Waals surface area contributed by atoms with Gasteiger partial charge in [-0.15, -0.1) is 11.8 Å². The van der Waals surface area contributed by atoms with Gasteiger partial charge in [0.05, 0.1) is 5.03 Å². The van der Waals surface area contributed by atoms with Crippen LogP contribution in [0.15, 0.2) is 41.1 Å². The van der Waals surface area contributed by atoms with Gasteiger partial charge in [-0.25, -0.2) is 4.79 Å². The number of amides is 2. The van der Waals surface area contributed by atoms with Crippen molar-refractivity contribution >= 4 is 41.1 Å². The highest BCUT2D eigenvalue weighted by molar-refractivity contribution is 8.00. The van der Waals surface area contributed by atoms with Crippen molar-refractivity contribution in [1.29, 1.82) is 0 Å². The number of β-lactam (4-membered cyclic amide) rings is 1. The van der Waals surface area contributed by atoms with Crippen molar-refractivity contribution in [2.24, 2.45) is 0 Å². The standard InChI is InChI=1S/C15H13ClN2O5S/c16-8-6-24-14-9(13(21)18(14)10(8)15(22)23)17-12(20)11(19)7-4-2-1-3-5-7/h1-5,9,11,14,19H,6H2,(H,17,20)(H,22,23)/t9?,11-,14-/m1/s1. The number of hydrogen-bond donors (Lipinski definition) is 3. The van der Waals surface area contributed by atoms with E-state index in [0.29, 0.717) is 5.56 Å². The van der Waals surface area contributed by atoms with Crippen LogP contribution in [-0.4, -0.2) is 50.1 Å². The fourth-order valence-electron chi connectivity index (χ4n) is 2.60. The highest BCUT2D eigenvalue weighted by Gasteiger charge is 2.54. The second-order valence-corrected chi connectivity index (χ2v) is 6.83. The van der Waals surface area contributed by atoms with Crippen LogP contribution < -0.4 is 5.32 Å². The fraction of sp³-hybridized carbons (Fsp3) is 0.267. The van der Waals surface area contributed by atoms with Gasteiger partial charge >= 0.3 is 5.97 Å². The largest absolute Gasteiger partial charge is 0.477 e. The van der Waals surface area contributed by atoms with Gasteiger partial charge in [0.1, 0.15) is 17.1 Å². The summed E-state index contributed by atoms with van der Waals surface area (Å²) in [6, 6.07) is 7.43. The van der Waals surface area contributed by atoms with E-state index in [4.69, 9.17) is 11.6 Å². The van der Waals surface area contributed by atoms with Gasteiger partial charge in [0.25, 0.3) is 11.8 Å². The summed E-state index contributed by atoms with van der Waals surface area (Å²) >= 11 is 7.14. The van der Waals surface area contributed by atoms with E-state index in [1.54, 1.807) is 30.3 Å². The van der Waals surface area contributed by atoms with Gasteiger partial charge in [0.15, 0.2) is 6.10 Å². The second-order valence-electron chi connectivity index (χ2n) is 5.27. The van der Waals surface area contributed by atoms with Crippen LogP contribution >= 0.6 is 23.4 Å². The molecule has 3 atom stereocenters. The van der Waals surface area contributed by atoms with Crippen LogP contribution in [-0.2, 0) is 14.4 Å². The predicted molar refractivity (Wildman–Crippen MR) is 86.9 cm³/mol. The zero-order chi connectivity index (χ0) is 17.4. The summed E-state index contributed by atoms with van der Waals surface area (Å²) in [6.07, 6.45) is -1.40. The van der Waals surface area contributed by atoms with Crippen molar-refractivity contribution in [1.82, 2.24) is 10.2 Å². The molecule has 1 aromatic rings. The quantitative estimate of drug-likeness (QED) is 0.674. The third-order valence-corrected chi connectivity index (χ3v) is 5.54. The molecule has 0 spiro atoms. The van der Waals surface area contributed by atoms with Crippen molar-refractivity contribution in [3.8, 4) is 0 Å². The van der Waals surface area contributed by atoms with Crippen LogP contribution in [0.3, 0.4) is 0 Å². The van der Waals surface area contributed by atoms with Crippen LogP contribution in [0.1, 0.15) is 11.7 Å². The van der Waals surface area contributed by atoms with E-state index in [1.807, 2.05) is 0 Å². The molecule has 24 heavy (non-hydrogen) atoms. The SMILES string of the molecule is O=C(O)C1=C(Cl)CS[C@@H]2C(NC(=O)[C@H](O)c3ccccc3)C(=O)N12. The fourth-order valence-corrected chi connectivity index (χ4v) is 4.15. The number of nitrogens with zero attached hydrogens (tertiary/aromatic N) is 1. The summed E-state index contributed by atoms with van der Waals surface area (Å²) in [5, 5.41) is 21.3. The lowest BCUT2D eigenvalue weighted by Gasteiger charge is -2.48. The van der Waals surface area contributed by atoms with Crippen molar-refractivity contribution in [3.05, 3.63) is 46.6 Å². The first kappa shape index (κ1) is 16.8. The Kier molecular flexibility index (Phi) is 4.53. The molecule has 3 rings (SSSR count). The van der Waals surface area contributed by atoms with Crippen molar-refractivity contribution in [3.63, 3.8) is 0 Å². The number of aliphatic carboxylic acids is 1. The Balaban J connectivity index is 1.71. The average Bonchev–Trinajstić information content (AvgIpc) is 2.59. The van der Waals surface area contributed by atoms with Crippen LogP contribution in [0.4, 0.5) is 0 Å². The second kappa shape index (κ2) is 6.46. The molecule has 0 aromatic heterocycles. The van der Waals surface area contributed by atoms with Gasteiger partial charge in [0, 0.05) is 5.75 Å². The first-order valence-corrected chi connectivity index (χ1v) is 8.44. The van der Waals surface area contributed by atoms with Gasteiger partial charge in [-0.2, -0.15) is 0 Å². The molecule has 1 saturated heterocycles. The van der Waals surface area contributed by atoms with E-state index in [-0.39, 0.29) is 16.5 Å². The maximum absolute atomic E-state index is 12.2. The highest BCUT2D eigenvalue weighted by Crippen LogP contribution is 2.41. The number of carbonyl (C=O) groups is 3. The predicted octanol–water partition coefficient (Wildman–Crippen LogP) is 0.655. The first-order chi connectivity index (χ1) is 11.4. The lowest BCUT2D eigenvalue weighted by Crippen LogP contribution is -2.70. The third kappa shape index (κ3) is 2.77. The summed E-state index contributed by atoms with van der Waals surface area (Å²) in [4.78, 5) is 36.7. The van der Waals surface area contributed by atoms with Crippen molar-refractivity contribution in [2.75, 3.05) is 5.75 Å². The van der Waals surface area contributed by atoms with Crippen LogP contribution in [0, 0.1) is 0 Å². The zero-order valence-electron chi connectivity index (χ0n) is 12.2. The van der Waals surface area contributed by atoms with Gasteiger partial charge in [-0.05, 0) is 5.56 Å².